The van der Waals surface area contributed by atoms with E-state index in [1.54, 1.807) is 6.20 Å². The van der Waals surface area contributed by atoms with Gasteiger partial charge in [-0.3, -0.25) is 4.90 Å². The van der Waals surface area contributed by atoms with Crippen molar-refractivity contribution in [3.63, 3.8) is 0 Å². The second kappa shape index (κ2) is 5.33. The quantitative estimate of drug-likeness (QED) is 0.891. The van der Waals surface area contributed by atoms with E-state index in [0.29, 0.717) is 0 Å². The molecule has 2 rings (SSSR count). The van der Waals surface area contributed by atoms with Gasteiger partial charge in [-0.25, -0.2) is 4.98 Å². The number of nitrogens with zero attached hydrogens (tertiary/aromatic N) is 3. The first-order valence-electron chi connectivity index (χ1n) is 6.06. The minimum absolute atomic E-state index is 0.180. The highest BCUT2D eigenvalue weighted by Gasteiger charge is 2.14. The van der Waals surface area contributed by atoms with Crippen LogP contribution < -0.4 is 5.73 Å². The SMILES string of the molecule is Cc1ccc(C(N)c2nccn2CN(C)C)cc1. The zero-order valence-electron chi connectivity index (χ0n) is 11.2. The highest BCUT2D eigenvalue weighted by atomic mass is 15.2. The van der Waals surface area contributed by atoms with Gasteiger partial charge in [0.05, 0.1) is 12.7 Å². The molecule has 0 aliphatic heterocycles. The Bertz CT molecular complexity index is 499. The van der Waals surface area contributed by atoms with Crippen LogP contribution in [-0.2, 0) is 6.67 Å². The summed E-state index contributed by atoms with van der Waals surface area (Å²) in [6, 6.07) is 8.10. The molecule has 0 aliphatic rings. The van der Waals surface area contributed by atoms with Gasteiger partial charge in [0, 0.05) is 12.4 Å². The Balaban J connectivity index is 2.25. The standard InChI is InChI=1S/C14H20N4/c1-11-4-6-12(7-5-11)13(15)14-16-8-9-18(14)10-17(2)3/h4-9,13H,10,15H2,1-3H3. The second-order valence-electron chi connectivity index (χ2n) is 4.86. The lowest BCUT2D eigenvalue weighted by molar-refractivity contribution is 0.318. The van der Waals surface area contributed by atoms with Crippen LogP contribution in [0.3, 0.4) is 0 Å². The Morgan fingerprint density at radius 2 is 1.94 bits per heavy atom. The van der Waals surface area contributed by atoms with Gasteiger partial charge < -0.3 is 10.3 Å². The summed E-state index contributed by atoms with van der Waals surface area (Å²) in [6.07, 6.45) is 3.76. The molecule has 0 saturated heterocycles. The van der Waals surface area contributed by atoms with E-state index < -0.39 is 0 Å². The molecule has 2 N–H and O–H groups in total. The van der Waals surface area contributed by atoms with Gasteiger partial charge in [0.25, 0.3) is 0 Å². The summed E-state index contributed by atoms with van der Waals surface area (Å²) in [7, 11) is 4.06. The first-order valence-corrected chi connectivity index (χ1v) is 6.06. The average Bonchev–Trinajstić information content (AvgIpc) is 2.76. The van der Waals surface area contributed by atoms with E-state index in [4.69, 9.17) is 5.73 Å². The highest BCUT2D eigenvalue weighted by Crippen LogP contribution is 2.18. The molecule has 18 heavy (non-hydrogen) atoms. The zero-order chi connectivity index (χ0) is 13.1. The van der Waals surface area contributed by atoms with Crippen LogP contribution in [0.1, 0.15) is 23.0 Å². The van der Waals surface area contributed by atoms with E-state index in [1.807, 2.05) is 20.3 Å². The molecule has 1 aromatic heterocycles. The fourth-order valence-electron chi connectivity index (χ4n) is 1.95. The van der Waals surface area contributed by atoms with E-state index in [9.17, 15) is 0 Å². The molecule has 0 spiro atoms. The predicted molar refractivity (Wildman–Crippen MR) is 73.1 cm³/mol. The van der Waals surface area contributed by atoms with Gasteiger partial charge in [0.15, 0.2) is 0 Å². The molecule has 0 fully saturated rings. The average molecular weight is 244 g/mol. The number of hydrogen-bond donors (Lipinski definition) is 1. The summed E-state index contributed by atoms with van der Waals surface area (Å²) in [6.45, 7) is 2.86. The molecule has 2 aromatic rings. The number of benzene rings is 1. The van der Waals surface area contributed by atoms with E-state index in [0.717, 1.165) is 18.1 Å². The minimum atomic E-state index is -0.180. The van der Waals surface area contributed by atoms with Gasteiger partial charge in [-0.05, 0) is 26.6 Å². The number of rotatable bonds is 4. The van der Waals surface area contributed by atoms with E-state index in [2.05, 4.69) is 45.6 Å². The van der Waals surface area contributed by atoms with Crippen molar-refractivity contribution >= 4 is 0 Å². The fraction of sp³-hybridized carbons (Fsp3) is 0.357. The topological polar surface area (TPSA) is 47.1 Å². The molecule has 1 aromatic carbocycles. The summed E-state index contributed by atoms with van der Waals surface area (Å²) < 4.78 is 2.07. The molecular formula is C14H20N4. The predicted octanol–water partition coefficient (Wildman–Crippen LogP) is 1.76. The third kappa shape index (κ3) is 2.78. The monoisotopic (exact) mass is 244 g/mol. The highest BCUT2D eigenvalue weighted by molar-refractivity contribution is 5.28. The van der Waals surface area contributed by atoms with Crippen molar-refractivity contribution in [2.45, 2.75) is 19.6 Å². The zero-order valence-corrected chi connectivity index (χ0v) is 11.2. The second-order valence-corrected chi connectivity index (χ2v) is 4.86. The molecule has 96 valence electrons. The van der Waals surface area contributed by atoms with Crippen LogP contribution in [0.5, 0.6) is 0 Å². The van der Waals surface area contributed by atoms with Gasteiger partial charge in [-0.15, -0.1) is 0 Å². The first kappa shape index (κ1) is 12.8. The number of hydrogen-bond acceptors (Lipinski definition) is 3. The molecule has 0 amide bonds. The number of imidazole rings is 1. The minimum Gasteiger partial charge on any atom is -0.320 e. The van der Waals surface area contributed by atoms with Crippen molar-refractivity contribution in [1.82, 2.24) is 14.5 Å². The van der Waals surface area contributed by atoms with Crippen molar-refractivity contribution < 1.29 is 0 Å². The van der Waals surface area contributed by atoms with Crippen LogP contribution in [0.15, 0.2) is 36.7 Å². The Kier molecular flexibility index (Phi) is 3.79. The van der Waals surface area contributed by atoms with Crippen LogP contribution in [0.25, 0.3) is 0 Å². The Morgan fingerprint density at radius 3 is 2.56 bits per heavy atom. The van der Waals surface area contributed by atoms with E-state index in [-0.39, 0.29) is 6.04 Å². The van der Waals surface area contributed by atoms with Crippen LogP contribution in [-0.4, -0.2) is 28.5 Å². The van der Waals surface area contributed by atoms with Crippen molar-refractivity contribution in [1.29, 1.82) is 0 Å². The molecular weight excluding hydrogens is 224 g/mol. The molecule has 4 nitrogen and oxygen atoms in total. The number of aryl methyl sites for hydroxylation is 1. The van der Waals surface area contributed by atoms with Crippen LogP contribution in [0.2, 0.25) is 0 Å². The Morgan fingerprint density at radius 1 is 1.28 bits per heavy atom. The first-order chi connectivity index (χ1) is 8.58. The van der Waals surface area contributed by atoms with Crippen molar-refractivity contribution in [2.24, 2.45) is 5.73 Å². The van der Waals surface area contributed by atoms with Crippen molar-refractivity contribution in [3.8, 4) is 0 Å². The molecule has 1 unspecified atom stereocenters. The summed E-state index contributed by atoms with van der Waals surface area (Å²) in [5.74, 6) is 0.896. The van der Waals surface area contributed by atoms with Gasteiger partial charge in [0.2, 0.25) is 0 Å². The van der Waals surface area contributed by atoms with Gasteiger partial charge in [-0.1, -0.05) is 29.8 Å². The summed E-state index contributed by atoms with van der Waals surface area (Å²) in [4.78, 5) is 6.47. The lowest BCUT2D eigenvalue weighted by atomic mass is 10.1. The molecule has 1 heterocycles. The van der Waals surface area contributed by atoms with Gasteiger partial charge in [-0.2, -0.15) is 0 Å². The maximum atomic E-state index is 6.29. The maximum absolute atomic E-state index is 6.29. The third-order valence-electron chi connectivity index (χ3n) is 2.90. The van der Waals surface area contributed by atoms with E-state index in [1.165, 1.54) is 5.56 Å². The summed E-state index contributed by atoms with van der Waals surface area (Å²) in [5.41, 5.74) is 8.61. The molecule has 0 saturated carbocycles. The third-order valence-corrected chi connectivity index (χ3v) is 2.90. The summed E-state index contributed by atoms with van der Waals surface area (Å²) >= 11 is 0. The summed E-state index contributed by atoms with van der Waals surface area (Å²) in [5, 5.41) is 0. The van der Waals surface area contributed by atoms with Crippen LogP contribution in [0.4, 0.5) is 0 Å². The van der Waals surface area contributed by atoms with Gasteiger partial charge >= 0.3 is 0 Å². The van der Waals surface area contributed by atoms with E-state index >= 15 is 0 Å². The molecule has 0 aliphatic carbocycles. The normalized spacial score (nSPS) is 12.9. The maximum Gasteiger partial charge on any atom is 0.131 e. The molecule has 4 heteroatoms. The Hall–Kier alpha value is -1.65. The lowest BCUT2D eigenvalue weighted by Gasteiger charge is -2.17. The lowest BCUT2D eigenvalue weighted by Crippen LogP contribution is -2.23. The van der Waals surface area contributed by atoms with Crippen molar-refractivity contribution in [2.75, 3.05) is 14.1 Å². The largest absolute Gasteiger partial charge is 0.320 e. The molecule has 1 atom stereocenters. The van der Waals surface area contributed by atoms with Crippen molar-refractivity contribution in [3.05, 3.63) is 53.6 Å². The van der Waals surface area contributed by atoms with Crippen LogP contribution >= 0.6 is 0 Å². The molecule has 0 bridgehead atoms. The fourth-order valence-corrected chi connectivity index (χ4v) is 1.95. The number of nitrogens with two attached hydrogens (primary N) is 1. The smallest absolute Gasteiger partial charge is 0.131 e. The Labute approximate surface area is 108 Å². The molecule has 0 radical (unpaired) electrons. The van der Waals surface area contributed by atoms with Crippen LogP contribution in [0, 0.1) is 6.92 Å². The number of aromatic nitrogens is 2. The van der Waals surface area contributed by atoms with Gasteiger partial charge in [0.1, 0.15) is 5.82 Å².